The van der Waals surface area contributed by atoms with Gasteiger partial charge in [0.05, 0.1) is 0 Å². The van der Waals surface area contributed by atoms with Gasteiger partial charge in [0.15, 0.2) is 0 Å². The molecule has 78 valence electrons. The van der Waals surface area contributed by atoms with Crippen LogP contribution in [0.1, 0.15) is 33.1 Å². The fourth-order valence-electron chi connectivity index (χ4n) is 1.99. The van der Waals surface area contributed by atoms with Gasteiger partial charge >= 0.3 is 0 Å². The van der Waals surface area contributed by atoms with Gasteiger partial charge in [0.1, 0.15) is 0 Å². The average molecular weight is 185 g/mol. The zero-order valence-corrected chi connectivity index (χ0v) is 9.09. The van der Waals surface area contributed by atoms with Crippen molar-refractivity contribution >= 4 is 0 Å². The fraction of sp³-hybridized carbons (Fsp3) is 1.00. The van der Waals surface area contributed by atoms with Crippen molar-refractivity contribution in [1.29, 1.82) is 0 Å². The number of ether oxygens (including phenoxy) is 1. The van der Waals surface area contributed by atoms with E-state index < -0.39 is 0 Å². The highest BCUT2D eigenvalue weighted by Crippen LogP contribution is 2.19. The molecule has 1 saturated heterocycles. The number of piperidine rings is 1. The molecule has 0 radical (unpaired) electrons. The van der Waals surface area contributed by atoms with E-state index in [0.29, 0.717) is 0 Å². The summed E-state index contributed by atoms with van der Waals surface area (Å²) in [5.41, 5.74) is 0. The van der Waals surface area contributed by atoms with Gasteiger partial charge in [0, 0.05) is 13.2 Å². The highest BCUT2D eigenvalue weighted by Gasteiger charge is 2.17. The molecule has 0 aliphatic carbocycles. The molecule has 13 heavy (non-hydrogen) atoms. The number of hydrogen-bond acceptors (Lipinski definition) is 2. The molecule has 0 saturated carbocycles. The van der Waals surface area contributed by atoms with Gasteiger partial charge in [0.2, 0.25) is 0 Å². The summed E-state index contributed by atoms with van der Waals surface area (Å²) in [5.74, 6) is 0.925. The van der Waals surface area contributed by atoms with Gasteiger partial charge in [-0.05, 0) is 51.7 Å². The zero-order valence-electron chi connectivity index (χ0n) is 9.09. The van der Waals surface area contributed by atoms with Gasteiger partial charge in [-0.3, -0.25) is 0 Å². The molecule has 2 nitrogen and oxygen atoms in total. The molecule has 0 bridgehead atoms. The summed E-state index contributed by atoms with van der Waals surface area (Å²) in [6.07, 6.45) is 4.02. The predicted octanol–water partition coefficient (Wildman–Crippen LogP) is 2.14. The van der Waals surface area contributed by atoms with Gasteiger partial charge in [-0.25, -0.2) is 0 Å². The first kappa shape index (κ1) is 11.0. The Morgan fingerprint density at radius 2 is 1.92 bits per heavy atom. The maximum atomic E-state index is 5.38. The first-order chi connectivity index (χ1) is 6.36. The van der Waals surface area contributed by atoms with E-state index in [2.05, 4.69) is 18.7 Å². The van der Waals surface area contributed by atoms with Gasteiger partial charge in [0.25, 0.3) is 0 Å². The van der Waals surface area contributed by atoms with Crippen molar-refractivity contribution in [2.45, 2.75) is 33.1 Å². The highest BCUT2D eigenvalue weighted by molar-refractivity contribution is 4.71. The predicted molar refractivity (Wildman–Crippen MR) is 55.9 cm³/mol. The molecular formula is C11H23NO. The van der Waals surface area contributed by atoms with Crippen LogP contribution in [0.15, 0.2) is 0 Å². The Bertz CT molecular complexity index is 117. The standard InChI is InChI=1S/C11H23NO/c1-3-12-8-5-11(6-9-12)7-10-13-4-2/h11H,3-10H2,1-2H3. The normalized spacial score (nSPS) is 20.8. The Kier molecular flexibility index (Phi) is 5.40. The second-order valence-corrected chi connectivity index (χ2v) is 3.86. The van der Waals surface area contributed by atoms with E-state index >= 15 is 0 Å². The van der Waals surface area contributed by atoms with Gasteiger partial charge in [-0.2, -0.15) is 0 Å². The average Bonchev–Trinajstić information content (AvgIpc) is 2.19. The molecular weight excluding hydrogens is 162 g/mol. The monoisotopic (exact) mass is 185 g/mol. The Labute approximate surface area is 82.3 Å². The van der Waals surface area contributed by atoms with Crippen LogP contribution in [0.2, 0.25) is 0 Å². The first-order valence-electron chi connectivity index (χ1n) is 5.66. The third-order valence-electron chi connectivity index (χ3n) is 3.03. The minimum absolute atomic E-state index is 0.869. The van der Waals surface area contributed by atoms with E-state index in [4.69, 9.17) is 4.74 Å². The van der Waals surface area contributed by atoms with Gasteiger partial charge in [-0.1, -0.05) is 6.92 Å². The van der Waals surface area contributed by atoms with Crippen molar-refractivity contribution in [3.63, 3.8) is 0 Å². The fourth-order valence-corrected chi connectivity index (χ4v) is 1.99. The molecule has 0 unspecified atom stereocenters. The summed E-state index contributed by atoms with van der Waals surface area (Å²) in [6.45, 7) is 9.97. The third-order valence-corrected chi connectivity index (χ3v) is 3.03. The molecule has 0 atom stereocenters. The Morgan fingerprint density at radius 3 is 2.46 bits per heavy atom. The highest BCUT2D eigenvalue weighted by atomic mass is 16.5. The molecule has 0 N–H and O–H groups in total. The minimum Gasteiger partial charge on any atom is -0.382 e. The molecule has 0 aromatic heterocycles. The topological polar surface area (TPSA) is 12.5 Å². The number of rotatable bonds is 5. The maximum Gasteiger partial charge on any atom is 0.0468 e. The van der Waals surface area contributed by atoms with Gasteiger partial charge < -0.3 is 9.64 Å². The second kappa shape index (κ2) is 6.39. The summed E-state index contributed by atoms with van der Waals surface area (Å²) in [5, 5.41) is 0. The zero-order chi connectivity index (χ0) is 9.52. The van der Waals surface area contributed by atoms with E-state index in [-0.39, 0.29) is 0 Å². The molecule has 0 spiro atoms. The largest absolute Gasteiger partial charge is 0.382 e. The summed E-state index contributed by atoms with van der Waals surface area (Å²) < 4.78 is 5.38. The number of nitrogens with zero attached hydrogens (tertiary/aromatic N) is 1. The second-order valence-electron chi connectivity index (χ2n) is 3.86. The lowest BCUT2D eigenvalue weighted by atomic mass is 9.94. The quantitative estimate of drug-likeness (QED) is 0.608. The summed E-state index contributed by atoms with van der Waals surface area (Å²) in [7, 11) is 0. The van der Waals surface area contributed by atoms with Crippen LogP contribution >= 0.6 is 0 Å². The van der Waals surface area contributed by atoms with Crippen molar-refractivity contribution in [2.24, 2.45) is 5.92 Å². The van der Waals surface area contributed by atoms with Crippen LogP contribution in [-0.2, 0) is 4.74 Å². The molecule has 1 fully saturated rings. The molecule has 1 aliphatic rings. The van der Waals surface area contributed by atoms with Crippen molar-refractivity contribution in [1.82, 2.24) is 4.90 Å². The van der Waals surface area contributed by atoms with Crippen molar-refractivity contribution in [3.05, 3.63) is 0 Å². The lowest BCUT2D eigenvalue weighted by Gasteiger charge is -2.30. The van der Waals surface area contributed by atoms with E-state index in [1.165, 1.54) is 38.9 Å². The lowest BCUT2D eigenvalue weighted by molar-refractivity contribution is 0.111. The van der Waals surface area contributed by atoms with E-state index in [9.17, 15) is 0 Å². The van der Waals surface area contributed by atoms with E-state index in [1.54, 1.807) is 0 Å². The maximum absolute atomic E-state index is 5.38. The number of likely N-dealkylation sites (tertiary alicyclic amines) is 1. The first-order valence-corrected chi connectivity index (χ1v) is 5.66. The van der Waals surface area contributed by atoms with Crippen LogP contribution in [0.4, 0.5) is 0 Å². The Morgan fingerprint density at radius 1 is 1.23 bits per heavy atom. The molecule has 0 amide bonds. The lowest BCUT2D eigenvalue weighted by Crippen LogP contribution is -2.33. The molecule has 1 heterocycles. The molecule has 1 rings (SSSR count). The summed E-state index contributed by atoms with van der Waals surface area (Å²) >= 11 is 0. The molecule has 2 heteroatoms. The van der Waals surface area contributed by atoms with E-state index in [1.807, 2.05) is 0 Å². The van der Waals surface area contributed by atoms with Gasteiger partial charge in [-0.15, -0.1) is 0 Å². The van der Waals surface area contributed by atoms with E-state index in [0.717, 1.165) is 19.1 Å². The van der Waals surface area contributed by atoms with Crippen LogP contribution in [0, 0.1) is 5.92 Å². The Balaban J connectivity index is 2.03. The minimum atomic E-state index is 0.869. The molecule has 0 aromatic carbocycles. The summed E-state index contributed by atoms with van der Waals surface area (Å²) in [6, 6.07) is 0. The van der Waals surface area contributed by atoms with Crippen molar-refractivity contribution < 1.29 is 4.74 Å². The molecule has 0 aromatic rings. The van der Waals surface area contributed by atoms with Crippen LogP contribution in [0.3, 0.4) is 0 Å². The molecule has 1 aliphatic heterocycles. The Hall–Kier alpha value is -0.0800. The number of hydrogen-bond donors (Lipinski definition) is 0. The van der Waals surface area contributed by atoms with Crippen LogP contribution < -0.4 is 0 Å². The third kappa shape index (κ3) is 4.10. The van der Waals surface area contributed by atoms with Crippen LogP contribution in [0.25, 0.3) is 0 Å². The van der Waals surface area contributed by atoms with Crippen molar-refractivity contribution in [2.75, 3.05) is 32.8 Å². The van der Waals surface area contributed by atoms with Crippen LogP contribution in [-0.4, -0.2) is 37.7 Å². The van der Waals surface area contributed by atoms with Crippen LogP contribution in [0.5, 0.6) is 0 Å². The van der Waals surface area contributed by atoms with Crippen molar-refractivity contribution in [3.8, 4) is 0 Å². The smallest absolute Gasteiger partial charge is 0.0468 e. The SMILES string of the molecule is CCOCCC1CCN(CC)CC1. The summed E-state index contributed by atoms with van der Waals surface area (Å²) in [4.78, 5) is 2.54.